The van der Waals surface area contributed by atoms with E-state index in [1.807, 2.05) is 0 Å². The first-order chi connectivity index (χ1) is 3.73. The van der Waals surface area contributed by atoms with Crippen molar-refractivity contribution in [3.05, 3.63) is 0 Å². The Morgan fingerprint density at radius 1 is 1.09 bits per heavy atom. The van der Waals surface area contributed by atoms with Gasteiger partial charge in [0.15, 0.2) is 0 Å². The summed E-state index contributed by atoms with van der Waals surface area (Å²) >= 11 is 0. The van der Waals surface area contributed by atoms with Crippen LogP contribution >= 0.6 is 0 Å². The molecule has 0 rings (SSSR count). The summed E-state index contributed by atoms with van der Waals surface area (Å²) in [5.74, 6) is 0. The van der Waals surface area contributed by atoms with Gasteiger partial charge in [-0.25, -0.2) is 0 Å². The summed E-state index contributed by atoms with van der Waals surface area (Å²) in [5, 5.41) is 16.7. The van der Waals surface area contributed by atoms with E-state index in [2.05, 4.69) is 0 Å². The predicted octanol–water partition coefficient (Wildman–Crippen LogP) is -4.17. The Balaban J connectivity index is -0.0000000383. The van der Waals surface area contributed by atoms with Crippen LogP contribution in [0, 0.1) is 0 Å². The molecule has 0 radical (unpaired) electrons. The standard InChI is InChI=1S/CH2O3.Ca.Ni.H2O4S/c2-1(3)4;;;1-5(2,3)4/h(H2,2,3,4);;;(H2,1,2,3,4)/q;2*+2;/p-4. The number of carbonyl (C=O) groups is 1. The van der Waals surface area contributed by atoms with Gasteiger partial charge in [-0.3, -0.25) is 8.42 Å². The Kier molecular flexibility index (Phi) is 22.4. The second-order valence-electron chi connectivity index (χ2n) is 0.658. The van der Waals surface area contributed by atoms with Crippen LogP contribution in [0.4, 0.5) is 4.79 Å². The molecular formula is CCaNiO7S. The predicted molar refractivity (Wildman–Crippen MR) is 21.6 cm³/mol. The fourth-order valence-electron chi connectivity index (χ4n) is 0. The molecule has 0 saturated heterocycles. The summed E-state index contributed by atoms with van der Waals surface area (Å²) in [6.07, 6.45) is -2.33. The van der Waals surface area contributed by atoms with Crippen molar-refractivity contribution in [2.75, 3.05) is 0 Å². The molecule has 10 heteroatoms. The molecule has 0 saturated carbocycles. The fourth-order valence-corrected chi connectivity index (χ4v) is 0. The van der Waals surface area contributed by atoms with E-state index in [1.165, 1.54) is 0 Å². The van der Waals surface area contributed by atoms with Gasteiger partial charge in [-0.15, -0.1) is 0 Å². The average molecular weight is 255 g/mol. The van der Waals surface area contributed by atoms with Crippen molar-refractivity contribution < 1.29 is 49.0 Å². The quantitative estimate of drug-likeness (QED) is 0.242. The largest absolute Gasteiger partial charge is 2.00 e. The van der Waals surface area contributed by atoms with Crippen LogP contribution in [0.3, 0.4) is 0 Å². The van der Waals surface area contributed by atoms with Crippen LogP contribution in [0.1, 0.15) is 0 Å². The molecule has 7 nitrogen and oxygen atoms in total. The van der Waals surface area contributed by atoms with Crippen LogP contribution in [0.2, 0.25) is 0 Å². The van der Waals surface area contributed by atoms with Gasteiger partial charge in [-0.05, 0) is 6.16 Å². The molecule has 0 atom stereocenters. The molecule has 0 N–H and O–H groups in total. The van der Waals surface area contributed by atoms with Crippen molar-refractivity contribution in [2.45, 2.75) is 0 Å². The summed E-state index contributed by atoms with van der Waals surface area (Å²) in [6.45, 7) is 0. The van der Waals surface area contributed by atoms with Crippen molar-refractivity contribution in [3.8, 4) is 0 Å². The Bertz CT molecular complexity index is 161. The second-order valence-corrected chi connectivity index (χ2v) is 1.47. The van der Waals surface area contributed by atoms with Gasteiger partial charge in [0, 0.05) is 10.4 Å². The molecule has 0 fully saturated rings. The second kappa shape index (κ2) is 10.9. The van der Waals surface area contributed by atoms with Gasteiger partial charge >= 0.3 is 54.2 Å². The zero-order valence-corrected chi connectivity index (χ0v) is 8.80. The van der Waals surface area contributed by atoms with Gasteiger partial charge < -0.3 is 24.1 Å². The van der Waals surface area contributed by atoms with E-state index < -0.39 is 16.6 Å². The van der Waals surface area contributed by atoms with E-state index in [9.17, 15) is 0 Å². The minimum Gasteiger partial charge on any atom is -0.759 e. The third kappa shape index (κ3) is 1080. The maximum atomic E-state index is 8.52. The molecule has 0 aliphatic heterocycles. The van der Waals surface area contributed by atoms with Crippen LogP contribution < -0.4 is 10.2 Å². The molecule has 0 aromatic rings. The maximum Gasteiger partial charge on any atom is 2.00 e. The van der Waals surface area contributed by atoms with Gasteiger partial charge in [0.2, 0.25) is 0 Å². The first-order valence-electron chi connectivity index (χ1n) is 1.28. The molecule has 0 aliphatic rings. The SMILES string of the molecule is O=C([O-])[O-].O=S(=O)([O-])[O-].[Ca+2].[Ni+2]. The first-order valence-corrected chi connectivity index (χ1v) is 2.61. The van der Waals surface area contributed by atoms with E-state index in [4.69, 9.17) is 32.5 Å². The topological polar surface area (TPSA) is 143 Å². The molecule has 0 aromatic heterocycles. The van der Waals surface area contributed by atoms with Crippen molar-refractivity contribution in [3.63, 3.8) is 0 Å². The molecule has 0 spiro atoms. The van der Waals surface area contributed by atoms with Crippen LogP contribution in [-0.2, 0) is 26.9 Å². The molecule has 0 unspecified atom stereocenters. The summed E-state index contributed by atoms with van der Waals surface area (Å²) in [6, 6.07) is 0. The van der Waals surface area contributed by atoms with E-state index in [1.54, 1.807) is 0 Å². The third-order valence-electron chi connectivity index (χ3n) is 0. The summed E-state index contributed by atoms with van der Waals surface area (Å²) < 4.78 is 34.1. The summed E-state index contributed by atoms with van der Waals surface area (Å²) in [5.41, 5.74) is 0. The number of carboxylic acid groups (broad SMARTS) is 2. The van der Waals surface area contributed by atoms with Crippen LogP contribution in [0.15, 0.2) is 0 Å². The zero-order chi connectivity index (χ0) is 8.08. The minimum atomic E-state index is -5.17. The van der Waals surface area contributed by atoms with E-state index in [0.717, 1.165) is 0 Å². The Morgan fingerprint density at radius 2 is 1.09 bits per heavy atom. The van der Waals surface area contributed by atoms with Crippen molar-refractivity contribution >= 4 is 54.3 Å². The van der Waals surface area contributed by atoms with Gasteiger partial charge in [0.25, 0.3) is 0 Å². The van der Waals surface area contributed by atoms with Gasteiger partial charge in [-0.2, -0.15) is 0 Å². The van der Waals surface area contributed by atoms with Crippen LogP contribution in [0.5, 0.6) is 0 Å². The maximum absolute atomic E-state index is 8.52. The molecule has 0 amide bonds. The summed E-state index contributed by atoms with van der Waals surface area (Å²) in [7, 11) is -5.17. The molecule has 11 heavy (non-hydrogen) atoms. The molecule has 0 bridgehead atoms. The Hall–Kier alpha value is 0.893. The Morgan fingerprint density at radius 3 is 1.09 bits per heavy atom. The average Bonchev–Trinajstić information content (AvgIpc) is 1.19. The fraction of sp³-hybridized carbons (Fsp3) is 0. The van der Waals surface area contributed by atoms with Crippen molar-refractivity contribution in [1.29, 1.82) is 0 Å². The molecular weight excluding hydrogens is 255 g/mol. The molecule has 0 heterocycles. The Labute approximate surface area is 102 Å². The number of hydrogen-bond acceptors (Lipinski definition) is 7. The number of hydrogen-bond donors (Lipinski definition) is 0. The molecule has 0 aromatic carbocycles. The van der Waals surface area contributed by atoms with Crippen molar-refractivity contribution in [2.24, 2.45) is 0 Å². The number of rotatable bonds is 0. The van der Waals surface area contributed by atoms with Crippen LogP contribution in [-0.4, -0.2) is 61.4 Å². The van der Waals surface area contributed by atoms with E-state index in [0.29, 0.717) is 0 Å². The van der Waals surface area contributed by atoms with Gasteiger partial charge in [0.1, 0.15) is 0 Å². The molecule has 64 valence electrons. The molecule has 0 aliphatic carbocycles. The van der Waals surface area contributed by atoms with Gasteiger partial charge in [0.05, 0.1) is 0 Å². The smallest absolute Gasteiger partial charge is 0.759 e. The third-order valence-corrected chi connectivity index (χ3v) is 0. The minimum absolute atomic E-state index is 0. The van der Waals surface area contributed by atoms with E-state index in [-0.39, 0.29) is 54.2 Å². The van der Waals surface area contributed by atoms with Gasteiger partial charge in [-0.1, -0.05) is 0 Å². The van der Waals surface area contributed by atoms with Crippen molar-refractivity contribution in [1.82, 2.24) is 0 Å². The van der Waals surface area contributed by atoms with E-state index >= 15 is 0 Å². The zero-order valence-electron chi connectivity index (χ0n) is 4.79. The first kappa shape index (κ1) is 22.7. The number of carbonyl (C=O) groups excluding carboxylic acids is 1. The van der Waals surface area contributed by atoms with Crippen LogP contribution in [0.25, 0.3) is 0 Å². The monoisotopic (exact) mass is 254 g/mol. The summed E-state index contributed by atoms with van der Waals surface area (Å²) in [4.78, 5) is 8.33. The normalized spacial score (nSPS) is 7.45.